The van der Waals surface area contributed by atoms with Gasteiger partial charge in [0.25, 0.3) is 0 Å². The summed E-state index contributed by atoms with van der Waals surface area (Å²) in [6.45, 7) is 4.76. The third-order valence-corrected chi connectivity index (χ3v) is 5.19. The van der Waals surface area contributed by atoms with Crippen LogP contribution >= 0.6 is 24.8 Å². The van der Waals surface area contributed by atoms with Crippen molar-refractivity contribution in [2.75, 3.05) is 57.9 Å². The van der Waals surface area contributed by atoms with Crippen LogP contribution in [0.25, 0.3) is 0 Å². The maximum atomic E-state index is 13.9. The van der Waals surface area contributed by atoms with E-state index in [-0.39, 0.29) is 36.5 Å². The van der Waals surface area contributed by atoms with Crippen LogP contribution in [0.1, 0.15) is 12.8 Å². The molecule has 0 radical (unpaired) electrons. The van der Waals surface area contributed by atoms with Gasteiger partial charge in [-0.1, -0.05) is 12.1 Å². The van der Waals surface area contributed by atoms with Gasteiger partial charge in [0.15, 0.2) is 0 Å². The number of carbonyl (C=O) groups excluding carboxylic acids is 1. The Morgan fingerprint density at radius 3 is 2.35 bits per heavy atom. The molecular formula is C18H28Cl2FN3O2. The van der Waals surface area contributed by atoms with Crippen LogP contribution in [0.2, 0.25) is 0 Å². The minimum absolute atomic E-state index is 0. The molecule has 0 bridgehead atoms. The van der Waals surface area contributed by atoms with Crippen molar-refractivity contribution in [1.29, 1.82) is 0 Å². The summed E-state index contributed by atoms with van der Waals surface area (Å²) in [5, 5.41) is 3.31. The van der Waals surface area contributed by atoms with Gasteiger partial charge in [0.2, 0.25) is 5.91 Å². The molecule has 3 rings (SSSR count). The third kappa shape index (κ3) is 4.80. The summed E-state index contributed by atoms with van der Waals surface area (Å²) in [5.41, 5.74) is 0.221. The van der Waals surface area contributed by atoms with E-state index < -0.39 is 5.41 Å². The first-order valence-electron chi connectivity index (χ1n) is 8.65. The van der Waals surface area contributed by atoms with Crippen molar-refractivity contribution in [2.24, 2.45) is 5.41 Å². The molecule has 2 heterocycles. The van der Waals surface area contributed by atoms with Gasteiger partial charge in [0.1, 0.15) is 5.82 Å². The molecule has 0 unspecified atom stereocenters. The summed E-state index contributed by atoms with van der Waals surface area (Å²) in [7, 11) is 1.66. The van der Waals surface area contributed by atoms with E-state index in [0.29, 0.717) is 38.5 Å². The van der Waals surface area contributed by atoms with E-state index >= 15 is 0 Å². The first-order valence-corrected chi connectivity index (χ1v) is 8.65. The molecule has 1 amide bonds. The molecule has 0 aromatic heterocycles. The summed E-state index contributed by atoms with van der Waals surface area (Å²) in [6, 6.07) is 6.82. The van der Waals surface area contributed by atoms with Crippen molar-refractivity contribution in [3.63, 3.8) is 0 Å². The summed E-state index contributed by atoms with van der Waals surface area (Å²) in [4.78, 5) is 17.1. The highest BCUT2D eigenvalue weighted by Gasteiger charge is 2.42. The predicted molar refractivity (Wildman–Crippen MR) is 106 cm³/mol. The minimum Gasteiger partial charge on any atom is -0.384 e. The quantitative estimate of drug-likeness (QED) is 0.831. The molecule has 148 valence electrons. The highest BCUT2D eigenvalue weighted by molar-refractivity contribution is 5.85. The van der Waals surface area contributed by atoms with Gasteiger partial charge in [-0.2, -0.15) is 0 Å². The van der Waals surface area contributed by atoms with E-state index in [9.17, 15) is 9.18 Å². The van der Waals surface area contributed by atoms with Crippen LogP contribution in [-0.4, -0.2) is 63.8 Å². The van der Waals surface area contributed by atoms with E-state index in [0.717, 1.165) is 25.9 Å². The zero-order valence-electron chi connectivity index (χ0n) is 15.1. The van der Waals surface area contributed by atoms with Crippen molar-refractivity contribution in [1.82, 2.24) is 10.2 Å². The van der Waals surface area contributed by atoms with E-state index in [2.05, 4.69) is 5.32 Å². The number of hydrogen-bond acceptors (Lipinski definition) is 4. The Balaban J connectivity index is 0.00000169. The fourth-order valence-electron chi connectivity index (χ4n) is 3.80. The van der Waals surface area contributed by atoms with Gasteiger partial charge in [-0.3, -0.25) is 4.79 Å². The molecule has 2 fully saturated rings. The van der Waals surface area contributed by atoms with Crippen LogP contribution in [0.4, 0.5) is 10.1 Å². The normalized spacial score (nSPS) is 19.3. The number of ether oxygens (including phenoxy) is 1. The molecular weight excluding hydrogens is 380 g/mol. The molecule has 2 aliphatic rings. The van der Waals surface area contributed by atoms with Crippen molar-refractivity contribution >= 4 is 36.4 Å². The van der Waals surface area contributed by atoms with Gasteiger partial charge in [-0.15, -0.1) is 24.8 Å². The van der Waals surface area contributed by atoms with E-state index in [1.807, 2.05) is 15.9 Å². The Morgan fingerprint density at radius 1 is 1.15 bits per heavy atom. The number of nitrogens with one attached hydrogen (secondary N) is 1. The fraction of sp³-hybridized carbons (Fsp3) is 0.611. The number of hydrogen-bond donors (Lipinski definition) is 1. The van der Waals surface area contributed by atoms with Crippen LogP contribution in [0.5, 0.6) is 0 Å². The predicted octanol–water partition coefficient (Wildman–Crippen LogP) is 2.33. The average molecular weight is 408 g/mol. The first kappa shape index (κ1) is 23.0. The lowest BCUT2D eigenvalue weighted by Gasteiger charge is -2.43. The Bertz CT molecular complexity index is 572. The molecule has 1 aromatic carbocycles. The molecule has 26 heavy (non-hydrogen) atoms. The number of para-hydroxylation sites is 1. The number of rotatable bonds is 4. The van der Waals surface area contributed by atoms with Gasteiger partial charge in [0, 0.05) is 33.3 Å². The first-order chi connectivity index (χ1) is 11.7. The molecule has 1 aromatic rings. The van der Waals surface area contributed by atoms with Crippen molar-refractivity contribution in [3.05, 3.63) is 30.1 Å². The summed E-state index contributed by atoms with van der Waals surface area (Å²) in [6.07, 6.45) is 1.63. The van der Waals surface area contributed by atoms with Crippen molar-refractivity contribution in [3.8, 4) is 0 Å². The number of amides is 1. The maximum Gasteiger partial charge on any atom is 0.231 e. The summed E-state index contributed by atoms with van der Waals surface area (Å²) in [5.74, 6) is -0.00878. The number of benzene rings is 1. The van der Waals surface area contributed by atoms with E-state index in [1.54, 1.807) is 19.2 Å². The van der Waals surface area contributed by atoms with Crippen LogP contribution in [0.3, 0.4) is 0 Å². The van der Waals surface area contributed by atoms with Crippen molar-refractivity contribution in [2.45, 2.75) is 12.8 Å². The lowest BCUT2D eigenvalue weighted by atomic mass is 9.78. The standard InChI is InChI=1S/C18H26FN3O2.2ClH/c1-24-14-18(6-8-20-9-7-18)17(23)22-12-10-21(11-13-22)16-5-3-2-4-15(16)19;;/h2-5,20H,6-14H2,1H3;2*1H. The highest BCUT2D eigenvalue weighted by atomic mass is 35.5. The Labute approximate surface area is 167 Å². The van der Waals surface area contributed by atoms with Crippen LogP contribution < -0.4 is 10.2 Å². The van der Waals surface area contributed by atoms with Gasteiger partial charge in [0.05, 0.1) is 17.7 Å². The molecule has 5 nitrogen and oxygen atoms in total. The summed E-state index contributed by atoms with van der Waals surface area (Å²) >= 11 is 0. The highest BCUT2D eigenvalue weighted by Crippen LogP contribution is 2.32. The fourth-order valence-corrected chi connectivity index (χ4v) is 3.80. The van der Waals surface area contributed by atoms with Crippen molar-refractivity contribution < 1.29 is 13.9 Å². The second-order valence-electron chi connectivity index (χ2n) is 6.69. The molecule has 0 spiro atoms. The molecule has 8 heteroatoms. The number of piperidine rings is 1. The van der Waals surface area contributed by atoms with Crippen LogP contribution in [0, 0.1) is 11.2 Å². The molecule has 0 saturated carbocycles. The van der Waals surface area contributed by atoms with E-state index in [1.165, 1.54) is 6.07 Å². The number of piperazine rings is 1. The smallest absolute Gasteiger partial charge is 0.231 e. The minimum atomic E-state index is -0.403. The number of anilines is 1. The number of nitrogens with zero attached hydrogens (tertiary/aromatic N) is 2. The second-order valence-corrected chi connectivity index (χ2v) is 6.69. The average Bonchev–Trinajstić information content (AvgIpc) is 2.63. The van der Waals surface area contributed by atoms with Crippen LogP contribution in [-0.2, 0) is 9.53 Å². The Hall–Kier alpha value is -1.08. The molecule has 2 saturated heterocycles. The third-order valence-electron chi connectivity index (χ3n) is 5.19. The lowest BCUT2D eigenvalue weighted by molar-refractivity contribution is -0.147. The second kappa shape index (κ2) is 10.3. The summed E-state index contributed by atoms with van der Waals surface area (Å²) < 4.78 is 19.3. The zero-order valence-corrected chi connectivity index (χ0v) is 16.7. The molecule has 0 aliphatic carbocycles. The topological polar surface area (TPSA) is 44.8 Å². The number of carbonyl (C=O) groups is 1. The molecule has 2 aliphatic heterocycles. The molecule has 0 atom stereocenters. The Morgan fingerprint density at radius 2 is 1.77 bits per heavy atom. The van der Waals surface area contributed by atoms with Gasteiger partial charge >= 0.3 is 0 Å². The van der Waals surface area contributed by atoms with Gasteiger partial charge in [-0.25, -0.2) is 4.39 Å². The number of methoxy groups -OCH3 is 1. The largest absolute Gasteiger partial charge is 0.384 e. The zero-order chi connectivity index (χ0) is 17.0. The number of halogens is 3. The van der Waals surface area contributed by atoms with Gasteiger partial charge in [-0.05, 0) is 38.1 Å². The lowest BCUT2D eigenvalue weighted by Crippen LogP contribution is -2.56. The van der Waals surface area contributed by atoms with Gasteiger partial charge < -0.3 is 19.9 Å². The van der Waals surface area contributed by atoms with E-state index in [4.69, 9.17) is 4.74 Å². The maximum absolute atomic E-state index is 13.9. The SMILES string of the molecule is COCC1(C(=O)N2CCN(c3ccccc3F)CC2)CCNCC1.Cl.Cl. The van der Waals surface area contributed by atoms with Crippen LogP contribution in [0.15, 0.2) is 24.3 Å². The monoisotopic (exact) mass is 407 g/mol. The Kier molecular flexibility index (Phi) is 9.10. The molecule has 1 N–H and O–H groups in total.